The van der Waals surface area contributed by atoms with Gasteiger partial charge in [-0.2, -0.15) is 4.98 Å². The monoisotopic (exact) mass is 494 g/mol. The molecule has 194 valence electrons. The lowest BCUT2D eigenvalue weighted by Gasteiger charge is -2.46. The summed E-state index contributed by atoms with van der Waals surface area (Å²) >= 11 is 0. The van der Waals surface area contributed by atoms with Gasteiger partial charge in [-0.25, -0.2) is 9.37 Å². The molecule has 0 bridgehead atoms. The summed E-state index contributed by atoms with van der Waals surface area (Å²) in [6, 6.07) is 10.1. The molecular weight excluding hydrogens is 455 g/mol. The molecule has 2 aromatic heterocycles. The van der Waals surface area contributed by atoms with E-state index in [9.17, 15) is 4.39 Å². The molecule has 0 amide bonds. The summed E-state index contributed by atoms with van der Waals surface area (Å²) in [5.41, 5.74) is 3.80. The number of rotatable bonds is 7. The number of benzene rings is 1. The Labute approximate surface area is 213 Å². The van der Waals surface area contributed by atoms with E-state index in [4.69, 9.17) is 4.74 Å². The fraction of sp³-hybridized carbons (Fsp3) is 0.500. The first-order valence-electron chi connectivity index (χ1n) is 12.6. The lowest BCUT2D eigenvalue weighted by Crippen LogP contribution is -2.60. The number of anilines is 3. The van der Waals surface area contributed by atoms with Crippen molar-refractivity contribution in [3.63, 3.8) is 0 Å². The Bertz CT molecular complexity index is 1200. The molecule has 0 atom stereocenters. The van der Waals surface area contributed by atoms with Crippen LogP contribution < -0.4 is 20.7 Å². The van der Waals surface area contributed by atoms with Gasteiger partial charge in [0.25, 0.3) is 0 Å². The van der Waals surface area contributed by atoms with E-state index in [1.54, 1.807) is 0 Å². The maximum atomic E-state index is 14.7. The van der Waals surface area contributed by atoms with Gasteiger partial charge in [-0.05, 0) is 98.6 Å². The minimum Gasteiger partial charge on any atom is -0.489 e. The van der Waals surface area contributed by atoms with Gasteiger partial charge in [-0.3, -0.25) is 0 Å². The van der Waals surface area contributed by atoms with Crippen LogP contribution in [0.2, 0.25) is 0 Å². The molecule has 1 fully saturated rings. The highest BCUT2D eigenvalue weighted by Gasteiger charge is 2.38. The molecule has 0 unspecified atom stereocenters. The van der Waals surface area contributed by atoms with Gasteiger partial charge in [-0.15, -0.1) is 0 Å². The summed E-state index contributed by atoms with van der Waals surface area (Å²) < 4.78 is 23.0. The SMILES string of the molecule is Cc1ccc(C)n1-c1cc(Nc2ncc(F)c(NC3CC(C)(C)NC(C)(C)C3)n2)ccc1OC(C)C. The van der Waals surface area contributed by atoms with Crippen molar-refractivity contribution < 1.29 is 9.13 Å². The molecule has 3 N–H and O–H groups in total. The molecule has 8 heteroatoms. The van der Waals surface area contributed by atoms with Crippen LogP contribution in [0.4, 0.5) is 21.8 Å². The quantitative estimate of drug-likeness (QED) is 0.359. The summed E-state index contributed by atoms with van der Waals surface area (Å²) in [5.74, 6) is 0.866. The predicted octanol–water partition coefficient (Wildman–Crippen LogP) is 6.28. The summed E-state index contributed by atoms with van der Waals surface area (Å²) in [7, 11) is 0. The Hall–Kier alpha value is -3.13. The predicted molar refractivity (Wildman–Crippen MR) is 144 cm³/mol. The summed E-state index contributed by atoms with van der Waals surface area (Å²) in [6.45, 7) is 16.8. The molecule has 36 heavy (non-hydrogen) atoms. The Morgan fingerprint density at radius 3 is 2.31 bits per heavy atom. The van der Waals surface area contributed by atoms with Crippen molar-refractivity contribution >= 4 is 17.5 Å². The van der Waals surface area contributed by atoms with Crippen LogP contribution in [-0.4, -0.2) is 37.8 Å². The molecule has 1 aromatic carbocycles. The molecule has 1 saturated heterocycles. The standard InChI is InChI=1S/C28H39FN6O/c1-17(2)36-24-12-11-20(13-23(24)35-18(3)9-10-19(35)4)32-26-30-16-22(29)25(33-26)31-21-14-27(5,6)34-28(7,8)15-21/h9-13,16-17,21,34H,14-15H2,1-8H3,(H2,30,31,32,33). The molecular formula is C28H39FN6O. The molecule has 0 spiro atoms. The minimum absolute atomic E-state index is 0.0396. The summed E-state index contributed by atoms with van der Waals surface area (Å²) in [4.78, 5) is 8.68. The Morgan fingerprint density at radius 1 is 1.06 bits per heavy atom. The lowest BCUT2D eigenvalue weighted by atomic mass is 9.79. The van der Waals surface area contributed by atoms with E-state index in [0.717, 1.165) is 41.4 Å². The first-order valence-corrected chi connectivity index (χ1v) is 12.6. The Morgan fingerprint density at radius 2 is 1.69 bits per heavy atom. The third-order valence-corrected chi connectivity index (χ3v) is 6.36. The first kappa shape index (κ1) is 25.9. The van der Waals surface area contributed by atoms with Crippen LogP contribution in [0.15, 0.2) is 36.5 Å². The largest absolute Gasteiger partial charge is 0.489 e. The zero-order valence-corrected chi connectivity index (χ0v) is 22.7. The minimum atomic E-state index is -0.463. The second-order valence-corrected chi connectivity index (χ2v) is 11.5. The van der Waals surface area contributed by atoms with E-state index in [0.29, 0.717) is 5.95 Å². The van der Waals surface area contributed by atoms with Gasteiger partial charge in [0, 0.05) is 34.2 Å². The summed E-state index contributed by atoms with van der Waals surface area (Å²) in [6.07, 6.45) is 2.97. The van der Waals surface area contributed by atoms with Gasteiger partial charge in [0.15, 0.2) is 11.6 Å². The molecule has 1 aliphatic heterocycles. The van der Waals surface area contributed by atoms with E-state index < -0.39 is 5.82 Å². The number of nitrogens with zero attached hydrogens (tertiary/aromatic N) is 3. The maximum absolute atomic E-state index is 14.7. The first-order chi connectivity index (χ1) is 16.8. The average molecular weight is 495 g/mol. The van der Waals surface area contributed by atoms with Crippen molar-refractivity contribution in [2.45, 2.75) is 91.5 Å². The van der Waals surface area contributed by atoms with E-state index in [2.05, 4.69) is 84.2 Å². The third-order valence-electron chi connectivity index (χ3n) is 6.36. The van der Waals surface area contributed by atoms with Gasteiger partial charge in [0.05, 0.1) is 18.0 Å². The van der Waals surface area contributed by atoms with Gasteiger partial charge >= 0.3 is 0 Å². The molecule has 3 aromatic rings. The van der Waals surface area contributed by atoms with Gasteiger partial charge in [0.1, 0.15) is 5.75 Å². The topological polar surface area (TPSA) is 76.0 Å². The molecule has 4 rings (SSSR count). The normalized spacial score (nSPS) is 17.3. The lowest BCUT2D eigenvalue weighted by molar-refractivity contribution is 0.170. The van der Waals surface area contributed by atoms with Crippen molar-refractivity contribution in [3.05, 3.63) is 53.7 Å². The second kappa shape index (κ2) is 9.73. The third kappa shape index (κ3) is 5.98. The van der Waals surface area contributed by atoms with Crippen molar-refractivity contribution in [2.24, 2.45) is 0 Å². The van der Waals surface area contributed by atoms with E-state index >= 15 is 0 Å². The number of aromatic nitrogens is 3. The number of nitrogens with one attached hydrogen (secondary N) is 3. The summed E-state index contributed by atoms with van der Waals surface area (Å²) in [5, 5.41) is 10.2. The number of aryl methyl sites for hydroxylation is 2. The number of ether oxygens (including phenoxy) is 1. The molecule has 0 saturated carbocycles. The van der Waals surface area contributed by atoms with Crippen LogP contribution in [0.3, 0.4) is 0 Å². The zero-order valence-electron chi connectivity index (χ0n) is 22.7. The van der Waals surface area contributed by atoms with Crippen LogP contribution in [0.1, 0.15) is 65.8 Å². The zero-order chi connectivity index (χ0) is 26.3. The van der Waals surface area contributed by atoms with Crippen LogP contribution in [0.25, 0.3) is 5.69 Å². The van der Waals surface area contributed by atoms with Gasteiger partial charge in [-0.1, -0.05) is 0 Å². The maximum Gasteiger partial charge on any atom is 0.229 e. The van der Waals surface area contributed by atoms with E-state index in [-0.39, 0.29) is 29.0 Å². The fourth-order valence-electron chi connectivity index (χ4n) is 5.45. The molecule has 3 heterocycles. The average Bonchev–Trinajstić information content (AvgIpc) is 3.07. The fourth-order valence-corrected chi connectivity index (χ4v) is 5.45. The Kier molecular flexibility index (Phi) is 7.01. The number of halogens is 1. The van der Waals surface area contributed by atoms with Crippen molar-refractivity contribution in [1.29, 1.82) is 0 Å². The van der Waals surface area contributed by atoms with Crippen LogP contribution >= 0.6 is 0 Å². The van der Waals surface area contributed by atoms with Crippen molar-refractivity contribution in [2.75, 3.05) is 10.6 Å². The van der Waals surface area contributed by atoms with Gasteiger partial charge < -0.3 is 25.3 Å². The number of hydrogen-bond donors (Lipinski definition) is 3. The highest BCUT2D eigenvalue weighted by molar-refractivity contribution is 5.64. The number of hydrogen-bond acceptors (Lipinski definition) is 6. The smallest absolute Gasteiger partial charge is 0.229 e. The van der Waals surface area contributed by atoms with Crippen LogP contribution in [-0.2, 0) is 0 Å². The molecule has 0 radical (unpaired) electrons. The highest BCUT2D eigenvalue weighted by Crippen LogP contribution is 2.33. The second-order valence-electron chi connectivity index (χ2n) is 11.5. The van der Waals surface area contributed by atoms with Crippen molar-refractivity contribution in [3.8, 4) is 11.4 Å². The molecule has 0 aliphatic carbocycles. The molecule has 7 nitrogen and oxygen atoms in total. The van der Waals surface area contributed by atoms with Crippen molar-refractivity contribution in [1.82, 2.24) is 19.9 Å². The highest BCUT2D eigenvalue weighted by atomic mass is 19.1. The van der Waals surface area contributed by atoms with E-state index in [1.807, 2.05) is 32.0 Å². The van der Waals surface area contributed by atoms with Gasteiger partial charge in [0.2, 0.25) is 5.95 Å². The van der Waals surface area contributed by atoms with E-state index in [1.165, 1.54) is 6.20 Å². The van der Waals surface area contributed by atoms with Crippen LogP contribution in [0, 0.1) is 19.7 Å². The van der Waals surface area contributed by atoms with Crippen LogP contribution in [0.5, 0.6) is 5.75 Å². The molecule has 1 aliphatic rings. The Balaban J connectivity index is 1.61. The number of piperidine rings is 1.